The van der Waals surface area contributed by atoms with Gasteiger partial charge in [-0.05, 0) is 31.2 Å². The molecular formula is C13H11ClN2O6S2. The summed E-state index contributed by atoms with van der Waals surface area (Å²) in [6.07, 6.45) is 0. The molecule has 0 unspecified atom stereocenters. The van der Waals surface area contributed by atoms with Crippen molar-refractivity contribution >= 4 is 37.3 Å². The molecular weight excluding hydrogens is 380 g/mol. The molecule has 0 fully saturated rings. The van der Waals surface area contributed by atoms with Crippen LogP contribution < -0.4 is 4.13 Å². The van der Waals surface area contributed by atoms with Crippen LogP contribution in [0, 0.1) is 17.0 Å². The lowest BCUT2D eigenvalue weighted by molar-refractivity contribution is -0.384. The van der Waals surface area contributed by atoms with E-state index >= 15 is 0 Å². The lowest BCUT2D eigenvalue weighted by atomic mass is 10.2. The Morgan fingerprint density at radius 3 is 2.00 bits per heavy atom. The van der Waals surface area contributed by atoms with Crippen LogP contribution in [0.1, 0.15) is 5.56 Å². The molecule has 24 heavy (non-hydrogen) atoms. The summed E-state index contributed by atoms with van der Waals surface area (Å²) >= 11 is 5.61. The molecule has 0 radical (unpaired) electrons. The van der Waals surface area contributed by atoms with Gasteiger partial charge in [-0.2, -0.15) is 0 Å². The highest BCUT2D eigenvalue weighted by Crippen LogP contribution is 2.27. The van der Waals surface area contributed by atoms with E-state index in [0.29, 0.717) is 6.07 Å². The van der Waals surface area contributed by atoms with E-state index in [1.54, 1.807) is 11.1 Å². The van der Waals surface area contributed by atoms with Crippen molar-refractivity contribution in [2.24, 2.45) is 0 Å². The van der Waals surface area contributed by atoms with E-state index in [1.165, 1.54) is 24.3 Å². The van der Waals surface area contributed by atoms with Gasteiger partial charge in [0.2, 0.25) is 0 Å². The number of aryl methyl sites for hydroxylation is 1. The lowest BCUT2D eigenvalue weighted by Gasteiger charge is -2.08. The lowest BCUT2D eigenvalue weighted by Crippen LogP contribution is -2.30. The van der Waals surface area contributed by atoms with Gasteiger partial charge in [0.25, 0.3) is 25.7 Å². The molecule has 0 saturated carbocycles. The van der Waals surface area contributed by atoms with Gasteiger partial charge in [-0.1, -0.05) is 29.3 Å². The summed E-state index contributed by atoms with van der Waals surface area (Å²) in [7, 11) is -8.92. The minimum absolute atomic E-state index is 0.250. The van der Waals surface area contributed by atoms with Crippen LogP contribution in [-0.4, -0.2) is 21.8 Å². The van der Waals surface area contributed by atoms with Gasteiger partial charge in [-0.25, -0.2) is 16.8 Å². The van der Waals surface area contributed by atoms with Crippen LogP contribution >= 0.6 is 11.6 Å². The van der Waals surface area contributed by atoms with Crippen molar-refractivity contribution in [3.8, 4) is 0 Å². The second kappa shape index (κ2) is 6.48. The number of nitro groups is 1. The van der Waals surface area contributed by atoms with Gasteiger partial charge in [-0.3, -0.25) is 10.1 Å². The van der Waals surface area contributed by atoms with Crippen LogP contribution in [0.5, 0.6) is 0 Å². The Labute approximate surface area is 143 Å². The maximum Gasteiger partial charge on any atom is 0.289 e. The molecule has 0 bridgehead atoms. The number of benzene rings is 2. The van der Waals surface area contributed by atoms with E-state index in [9.17, 15) is 26.9 Å². The average Bonchev–Trinajstić information content (AvgIpc) is 2.46. The Kier molecular flexibility index (Phi) is 4.95. The fourth-order valence-electron chi connectivity index (χ4n) is 1.76. The molecule has 0 saturated heterocycles. The molecule has 8 nitrogen and oxygen atoms in total. The van der Waals surface area contributed by atoms with Gasteiger partial charge < -0.3 is 0 Å². The SMILES string of the molecule is Cc1ccc(S(=O)(=O)NS(=O)(=O)c2ccc(Cl)c([N+](=O)[O-])c2)cc1. The number of hydrogen-bond donors (Lipinski definition) is 1. The summed E-state index contributed by atoms with van der Waals surface area (Å²) < 4.78 is 50.3. The predicted octanol–water partition coefficient (Wildman–Crippen LogP) is 2.22. The number of halogens is 1. The highest BCUT2D eigenvalue weighted by Gasteiger charge is 2.26. The Hall–Kier alpha value is -2.01. The Morgan fingerprint density at radius 2 is 1.46 bits per heavy atom. The monoisotopic (exact) mass is 390 g/mol. The maximum absolute atomic E-state index is 12.2. The van der Waals surface area contributed by atoms with E-state index in [1.807, 2.05) is 0 Å². The molecule has 0 aliphatic carbocycles. The van der Waals surface area contributed by atoms with Gasteiger partial charge in [0, 0.05) is 6.07 Å². The molecule has 2 rings (SSSR count). The normalized spacial score (nSPS) is 12.1. The summed E-state index contributed by atoms with van der Waals surface area (Å²) in [4.78, 5) is 9.12. The third kappa shape index (κ3) is 3.90. The number of nitro benzene ring substituents is 1. The van der Waals surface area contributed by atoms with Gasteiger partial charge in [0.1, 0.15) is 5.02 Å². The molecule has 0 heterocycles. The average molecular weight is 391 g/mol. The minimum Gasteiger partial charge on any atom is -0.258 e. The predicted molar refractivity (Wildman–Crippen MR) is 86.8 cm³/mol. The standard InChI is InChI=1S/C13H11ClN2O6S2/c1-9-2-4-10(5-3-9)23(19,20)15-24(21,22)11-6-7-12(14)13(8-11)16(17)18/h2-8,15H,1H3. The van der Waals surface area contributed by atoms with Crippen molar-refractivity contribution < 1.29 is 21.8 Å². The van der Waals surface area contributed by atoms with Crippen LogP contribution in [-0.2, 0) is 20.0 Å². The van der Waals surface area contributed by atoms with Gasteiger partial charge in [0.05, 0.1) is 14.7 Å². The molecule has 0 spiro atoms. The van der Waals surface area contributed by atoms with Crippen LogP contribution in [0.15, 0.2) is 52.3 Å². The van der Waals surface area contributed by atoms with E-state index in [0.717, 1.165) is 17.7 Å². The quantitative estimate of drug-likeness (QED) is 0.616. The zero-order chi connectivity index (χ0) is 18.1. The summed E-state index contributed by atoms with van der Waals surface area (Å²) in [5.74, 6) is 0. The maximum atomic E-state index is 12.2. The number of nitrogens with one attached hydrogen (secondary N) is 1. The highest BCUT2D eigenvalue weighted by molar-refractivity contribution is 8.04. The number of rotatable bonds is 5. The first-order valence-electron chi connectivity index (χ1n) is 6.32. The molecule has 1 N–H and O–H groups in total. The first-order chi connectivity index (χ1) is 11.0. The summed E-state index contributed by atoms with van der Waals surface area (Å²) in [6.45, 7) is 1.74. The largest absolute Gasteiger partial charge is 0.289 e. The molecule has 0 aliphatic rings. The van der Waals surface area contributed by atoms with Crippen molar-refractivity contribution in [3.63, 3.8) is 0 Å². The van der Waals surface area contributed by atoms with Gasteiger partial charge >= 0.3 is 0 Å². The first-order valence-corrected chi connectivity index (χ1v) is 9.66. The van der Waals surface area contributed by atoms with Crippen molar-refractivity contribution in [1.29, 1.82) is 0 Å². The number of nitrogens with zero attached hydrogens (tertiary/aromatic N) is 1. The summed E-state index contributed by atoms with van der Waals surface area (Å²) in [6, 6.07) is 8.18. The molecule has 0 aromatic heterocycles. The second-order valence-electron chi connectivity index (χ2n) is 4.77. The van der Waals surface area contributed by atoms with Gasteiger partial charge in [-0.15, -0.1) is 4.13 Å². The molecule has 2 aromatic carbocycles. The molecule has 0 atom stereocenters. The van der Waals surface area contributed by atoms with Crippen LogP contribution in [0.3, 0.4) is 0 Å². The summed E-state index contributed by atoms with van der Waals surface area (Å²) in [5.41, 5.74) is 0.150. The molecule has 2 aromatic rings. The van der Waals surface area contributed by atoms with Crippen LogP contribution in [0.25, 0.3) is 0 Å². The van der Waals surface area contributed by atoms with Crippen LogP contribution in [0.4, 0.5) is 5.69 Å². The van der Waals surface area contributed by atoms with E-state index in [2.05, 4.69) is 0 Å². The zero-order valence-electron chi connectivity index (χ0n) is 12.1. The van der Waals surface area contributed by atoms with Crippen LogP contribution in [0.2, 0.25) is 5.02 Å². The third-order valence-electron chi connectivity index (χ3n) is 2.98. The minimum atomic E-state index is -4.55. The highest BCUT2D eigenvalue weighted by atomic mass is 35.5. The van der Waals surface area contributed by atoms with E-state index in [-0.39, 0.29) is 9.92 Å². The Morgan fingerprint density at radius 1 is 0.958 bits per heavy atom. The zero-order valence-corrected chi connectivity index (χ0v) is 14.5. The molecule has 11 heteroatoms. The Bertz CT molecular complexity index is 1000. The molecule has 128 valence electrons. The first kappa shape index (κ1) is 18.3. The summed E-state index contributed by atoms with van der Waals surface area (Å²) in [5, 5.41) is 10.6. The second-order valence-corrected chi connectivity index (χ2v) is 8.80. The molecule has 0 amide bonds. The Balaban J connectivity index is 2.43. The fourth-order valence-corrected chi connectivity index (χ4v) is 4.88. The van der Waals surface area contributed by atoms with Gasteiger partial charge in [0.15, 0.2) is 0 Å². The number of sulfonamides is 2. The third-order valence-corrected chi connectivity index (χ3v) is 6.82. The van der Waals surface area contributed by atoms with Crippen molar-refractivity contribution in [3.05, 3.63) is 63.2 Å². The smallest absolute Gasteiger partial charge is 0.258 e. The van der Waals surface area contributed by atoms with E-state index in [4.69, 9.17) is 11.6 Å². The fraction of sp³-hybridized carbons (Fsp3) is 0.0769. The number of hydrogen-bond acceptors (Lipinski definition) is 6. The van der Waals surface area contributed by atoms with Crippen molar-refractivity contribution in [2.45, 2.75) is 16.7 Å². The van der Waals surface area contributed by atoms with E-state index < -0.39 is 35.6 Å². The molecule has 0 aliphatic heterocycles. The topological polar surface area (TPSA) is 123 Å². The van der Waals surface area contributed by atoms with Crippen molar-refractivity contribution in [1.82, 2.24) is 4.13 Å². The van der Waals surface area contributed by atoms with Crippen molar-refractivity contribution in [2.75, 3.05) is 0 Å².